The van der Waals surface area contributed by atoms with Crippen LogP contribution in [0.5, 0.6) is 0 Å². The Morgan fingerprint density at radius 1 is 1.05 bits per heavy atom. The zero-order chi connectivity index (χ0) is 12.7. The van der Waals surface area contributed by atoms with Crippen molar-refractivity contribution in [1.82, 2.24) is 25.2 Å². The second-order valence-corrected chi connectivity index (χ2v) is 4.32. The van der Waals surface area contributed by atoms with Crippen LogP contribution in [0.2, 0.25) is 0 Å². The number of nitrogens with one attached hydrogen (secondary N) is 1. The maximum Gasteiger partial charge on any atom is 0.186 e. The first-order valence-electron chi connectivity index (χ1n) is 5.97. The lowest BCUT2D eigenvalue weighted by Gasteiger charge is -2.27. The number of tetrazole rings is 1. The molecule has 3 aromatic rings. The summed E-state index contributed by atoms with van der Waals surface area (Å²) in [6.45, 7) is 0. The normalized spacial score (nSPS) is 16.3. The molecule has 1 atom stereocenters. The molecule has 0 saturated carbocycles. The quantitative estimate of drug-likeness (QED) is 0.712. The Bertz CT molecular complexity index is 721. The monoisotopic (exact) mass is 250 g/mol. The molecule has 6 nitrogen and oxygen atoms in total. The van der Waals surface area contributed by atoms with Gasteiger partial charge in [0, 0.05) is 23.6 Å². The Hall–Kier alpha value is -2.76. The Balaban J connectivity index is 1.91. The SMILES string of the molecule is c1ccc2c(c1)N[C@@H](c1ccncc1)n1nnnc1-2. The van der Waals surface area contributed by atoms with Gasteiger partial charge in [0.2, 0.25) is 0 Å². The van der Waals surface area contributed by atoms with Crippen LogP contribution in [0.1, 0.15) is 11.7 Å². The molecular formula is C13H10N6. The van der Waals surface area contributed by atoms with Crippen molar-refractivity contribution in [2.24, 2.45) is 0 Å². The van der Waals surface area contributed by atoms with Crippen molar-refractivity contribution >= 4 is 5.69 Å². The standard InChI is InChI=1S/C13H10N6/c1-2-4-11-10(3-1)13-16-17-18-19(13)12(15-11)9-5-7-14-8-6-9/h1-8,12,15H/t12-/m1/s1. The summed E-state index contributed by atoms with van der Waals surface area (Å²) >= 11 is 0. The molecule has 1 N–H and O–H groups in total. The van der Waals surface area contributed by atoms with Crippen LogP contribution in [0.25, 0.3) is 11.4 Å². The molecule has 0 fully saturated rings. The number of aromatic nitrogens is 5. The molecule has 0 radical (unpaired) electrons. The van der Waals surface area contributed by atoms with Crippen molar-refractivity contribution in [3.8, 4) is 11.4 Å². The maximum atomic E-state index is 4.12. The number of hydrogen-bond acceptors (Lipinski definition) is 5. The molecule has 0 amide bonds. The number of anilines is 1. The van der Waals surface area contributed by atoms with Gasteiger partial charge in [-0.05, 0) is 40.3 Å². The van der Waals surface area contributed by atoms with E-state index in [2.05, 4.69) is 25.8 Å². The summed E-state index contributed by atoms with van der Waals surface area (Å²) in [6, 6.07) is 11.9. The summed E-state index contributed by atoms with van der Waals surface area (Å²) in [6.07, 6.45) is 3.42. The molecule has 1 aliphatic heterocycles. The van der Waals surface area contributed by atoms with Gasteiger partial charge in [-0.25, -0.2) is 0 Å². The molecule has 19 heavy (non-hydrogen) atoms. The minimum absolute atomic E-state index is 0.108. The van der Waals surface area contributed by atoms with Crippen LogP contribution in [0.4, 0.5) is 5.69 Å². The first kappa shape index (κ1) is 10.2. The average molecular weight is 250 g/mol. The van der Waals surface area contributed by atoms with E-state index in [4.69, 9.17) is 0 Å². The lowest BCUT2D eigenvalue weighted by atomic mass is 10.1. The summed E-state index contributed by atoms with van der Waals surface area (Å²) in [5, 5.41) is 15.4. The number of para-hydroxylation sites is 1. The van der Waals surface area contributed by atoms with Crippen LogP contribution in [0.15, 0.2) is 48.8 Å². The number of fused-ring (bicyclic) bond motifs is 3. The van der Waals surface area contributed by atoms with Gasteiger partial charge in [0.15, 0.2) is 12.0 Å². The van der Waals surface area contributed by atoms with Crippen molar-refractivity contribution < 1.29 is 0 Å². The first-order chi connectivity index (χ1) is 9.43. The number of nitrogens with zero attached hydrogens (tertiary/aromatic N) is 5. The number of pyridine rings is 1. The number of benzene rings is 1. The fourth-order valence-corrected chi connectivity index (χ4v) is 2.33. The predicted octanol–water partition coefficient (Wildman–Crippen LogP) is 1.71. The van der Waals surface area contributed by atoms with Gasteiger partial charge in [-0.2, -0.15) is 4.68 Å². The third-order valence-electron chi connectivity index (χ3n) is 3.22. The van der Waals surface area contributed by atoms with Crippen LogP contribution in [0.3, 0.4) is 0 Å². The maximum absolute atomic E-state index is 4.12. The molecule has 0 unspecified atom stereocenters. The summed E-state index contributed by atoms with van der Waals surface area (Å²) in [4.78, 5) is 4.04. The van der Waals surface area contributed by atoms with Crippen LogP contribution in [0, 0.1) is 0 Å². The summed E-state index contributed by atoms with van der Waals surface area (Å²) in [7, 11) is 0. The van der Waals surface area contributed by atoms with Crippen molar-refractivity contribution in [1.29, 1.82) is 0 Å². The van der Waals surface area contributed by atoms with Crippen molar-refractivity contribution in [2.75, 3.05) is 5.32 Å². The Labute approximate surface area is 109 Å². The van der Waals surface area contributed by atoms with Crippen molar-refractivity contribution in [3.05, 3.63) is 54.4 Å². The lowest BCUT2D eigenvalue weighted by molar-refractivity contribution is 0.552. The average Bonchev–Trinajstić information content (AvgIpc) is 2.97. The highest BCUT2D eigenvalue weighted by Gasteiger charge is 2.26. The van der Waals surface area contributed by atoms with E-state index >= 15 is 0 Å². The van der Waals surface area contributed by atoms with E-state index in [-0.39, 0.29) is 6.17 Å². The highest BCUT2D eigenvalue weighted by molar-refractivity contribution is 5.75. The second-order valence-electron chi connectivity index (χ2n) is 4.32. The van der Waals surface area contributed by atoms with Gasteiger partial charge in [0.25, 0.3) is 0 Å². The number of rotatable bonds is 1. The van der Waals surface area contributed by atoms with E-state index in [1.807, 2.05) is 36.4 Å². The third kappa shape index (κ3) is 1.50. The van der Waals surface area contributed by atoms with E-state index in [0.717, 1.165) is 22.6 Å². The molecule has 0 saturated heterocycles. The molecule has 0 spiro atoms. The Kier molecular flexibility index (Phi) is 2.08. The van der Waals surface area contributed by atoms with Crippen LogP contribution in [-0.2, 0) is 0 Å². The highest BCUT2D eigenvalue weighted by Crippen LogP contribution is 2.35. The predicted molar refractivity (Wildman–Crippen MR) is 69.3 cm³/mol. The van der Waals surface area contributed by atoms with Crippen molar-refractivity contribution in [3.63, 3.8) is 0 Å². The minimum atomic E-state index is -0.108. The van der Waals surface area contributed by atoms with Gasteiger partial charge in [-0.3, -0.25) is 4.98 Å². The molecule has 0 aliphatic carbocycles. The highest BCUT2D eigenvalue weighted by atomic mass is 15.6. The van der Waals surface area contributed by atoms with E-state index in [1.54, 1.807) is 17.1 Å². The van der Waals surface area contributed by atoms with Gasteiger partial charge in [-0.1, -0.05) is 12.1 Å². The molecule has 6 heteroatoms. The van der Waals surface area contributed by atoms with E-state index in [9.17, 15) is 0 Å². The molecule has 3 heterocycles. The molecule has 4 rings (SSSR count). The van der Waals surface area contributed by atoms with Crippen LogP contribution >= 0.6 is 0 Å². The zero-order valence-electron chi connectivity index (χ0n) is 9.93. The molecule has 1 aromatic carbocycles. The summed E-state index contributed by atoms with van der Waals surface area (Å²) in [5.41, 5.74) is 3.11. The second kappa shape index (κ2) is 3.88. The van der Waals surface area contributed by atoms with Gasteiger partial charge in [0.05, 0.1) is 0 Å². The first-order valence-corrected chi connectivity index (χ1v) is 5.97. The lowest BCUT2D eigenvalue weighted by Crippen LogP contribution is -2.25. The van der Waals surface area contributed by atoms with Crippen molar-refractivity contribution in [2.45, 2.75) is 6.17 Å². The molecule has 0 bridgehead atoms. The zero-order valence-corrected chi connectivity index (χ0v) is 9.93. The molecule has 2 aromatic heterocycles. The van der Waals surface area contributed by atoms with Gasteiger partial charge >= 0.3 is 0 Å². The summed E-state index contributed by atoms with van der Waals surface area (Å²) < 4.78 is 1.79. The molecule has 1 aliphatic rings. The van der Waals surface area contributed by atoms with Gasteiger partial charge in [-0.15, -0.1) is 5.10 Å². The van der Waals surface area contributed by atoms with E-state index in [1.165, 1.54) is 0 Å². The van der Waals surface area contributed by atoms with Crippen LogP contribution < -0.4 is 5.32 Å². The fourth-order valence-electron chi connectivity index (χ4n) is 2.33. The third-order valence-corrected chi connectivity index (χ3v) is 3.22. The van der Waals surface area contributed by atoms with E-state index in [0.29, 0.717) is 0 Å². The van der Waals surface area contributed by atoms with Crippen LogP contribution in [-0.4, -0.2) is 25.2 Å². The fraction of sp³-hybridized carbons (Fsp3) is 0.0769. The van der Waals surface area contributed by atoms with Gasteiger partial charge < -0.3 is 5.32 Å². The Morgan fingerprint density at radius 3 is 2.79 bits per heavy atom. The number of hydrogen-bond donors (Lipinski definition) is 1. The largest absolute Gasteiger partial charge is 0.359 e. The summed E-state index contributed by atoms with van der Waals surface area (Å²) in [5.74, 6) is 0.774. The van der Waals surface area contributed by atoms with Gasteiger partial charge in [0.1, 0.15) is 0 Å². The Morgan fingerprint density at radius 2 is 1.89 bits per heavy atom. The molecular weight excluding hydrogens is 240 g/mol. The smallest absolute Gasteiger partial charge is 0.186 e. The topological polar surface area (TPSA) is 68.5 Å². The minimum Gasteiger partial charge on any atom is -0.359 e. The van der Waals surface area contributed by atoms with E-state index < -0.39 is 0 Å². The molecule has 92 valence electrons.